The molecule has 1 aliphatic rings. The van der Waals surface area contributed by atoms with E-state index in [0.29, 0.717) is 18.1 Å². The molecular formula is C14H17ClFNO2. The predicted octanol–water partition coefficient (Wildman–Crippen LogP) is 3.17. The Hall–Kier alpha value is -1.13. The molecule has 0 aliphatic carbocycles. The van der Waals surface area contributed by atoms with Gasteiger partial charge in [-0.2, -0.15) is 0 Å². The van der Waals surface area contributed by atoms with Crippen molar-refractivity contribution in [2.24, 2.45) is 0 Å². The summed E-state index contributed by atoms with van der Waals surface area (Å²) < 4.78 is 19.2. The van der Waals surface area contributed by atoms with Crippen molar-refractivity contribution in [3.05, 3.63) is 34.6 Å². The molecule has 0 saturated carbocycles. The summed E-state index contributed by atoms with van der Waals surface area (Å²) in [5.41, 5.74) is -0.278. The summed E-state index contributed by atoms with van der Waals surface area (Å²) in [6.07, 6.45) is 1.44. The van der Waals surface area contributed by atoms with Crippen LogP contribution in [0.25, 0.3) is 0 Å². The molecule has 0 radical (unpaired) electrons. The van der Waals surface area contributed by atoms with Crippen LogP contribution in [0.2, 0.25) is 5.02 Å². The van der Waals surface area contributed by atoms with E-state index in [1.54, 1.807) is 0 Å². The van der Waals surface area contributed by atoms with Gasteiger partial charge < -0.3 is 10.1 Å². The minimum Gasteiger partial charge on any atom is -0.375 e. The minimum atomic E-state index is -0.562. The van der Waals surface area contributed by atoms with E-state index < -0.39 is 11.7 Å². The highest BCUT2D eigenvalue weighted by Crippen LogP contribution is 2.24. The van der Waals surface area contributed by atoms with Crippen LogP contribution in [0.1, 0.15) is 37.0 Å². The molecule has 1 aromatic rings. The van der Waals surface area contributed by atoms with Gasteiger partial charge in [-0.1, -0.05) is 11.6 Å². The molecular weight excluding hydrogens is 269 g/mol. The van der Waals surface area contributed by atoms with Crippen LogP contribution in [0.15, 0.2) is 18.2 Å². The molecule has 0 spiro atoms. The number of nitrogens with one attached hydrogen (secondary N) is 1. The number of carbonyl (C=O) groups excluding carboxylic acids is 1. The van der Waals surface area contributed by atoms with Gasteiger partial charge in [-0.15, -0.1) is 0 Å². The summed E-state index contributed by atoms with van der Waals surface area (Å²) in [6.45, 7) is 4.55. The fraction of sp³-hybridized carbons (Fsp3) is 0.500. The zero-order valence-corrected chi connectivity index (χ0v) is 11.8. The van der Waals surface area contributed by atoms with Crippen molar-refractivity contribution in [2.75, 3.05) is 6.61 Å². The lowest BCUT2D eigenvalue weighted by molar-refractivity contribution is -0.0615. The fourth-order valence-corrected chi connectivity index (χ4v) is 2.46. The zero-order chi connectivity index (χ0) is 14.0. The largest absolute Gasteiger partial charge is 0.375 e. The van der Waals surface area contributed by atoms with Crippen molar-refractivity contribution in [2.45, 2.75) is 38.3 Å². The summed E-state index contributed by atoms with van der Waals surface area (Å²) in [6, 6.07) is 3.96. The smallest absolute Gasteiger partial charge is 0.254 e. The molecule has 0 aromatic heterocycles. The Morgan fingerprint density at radius 3 is 2.95 bits per heavy atom. The summed E-state index contributed by atoms with van der Waals surface area (Å²) in [4.78, 5) is 12.0. The first kappa shape index (κ1) is 14.3. The quantitative estimate of drug-likeness (QED) is 0.906. The van der Waals surface area contributed by atoms with Crippen LogP contribution in [0.5, 0.6) is 0 Å². The van der Waals surface area contributed by atoms with Crippen molar-refractivity contribution >= 4 is 17.5 Å². The normalized spacial score (nSPS) is 22.0. The standard InChI is InChI=1S/C14H17ClFNO2/c1-14(2)8-10(5-6-19-14)17-13(18)11-7-9(15)3-4-12(11)16/h3-4,7,10H,5-6,8H2,1-2H3,(H,17,18). The maximum atomic E-state index is 13.6. The van der Waals surface area contributed by atoms with E-state index in [2.05, 4.69) is 5.32 Å². The Morgan fingerprint density at radius 1 is 1.53 bits per heavy atom. The number of halogens is 2. The van der Waals surface area contributed by atoms with E-state index in [-0.39, 0.29) is 17.2 Å². The summed E-state index contributed by atoms with van der Waals surface area (Å²) in [7, 11) is 0. The van der Waals surface area contributed by atoms with Crippen LogP contribution < -0.4 is 5.32 Å². The molecule has 1 heterocycles. The van der Waals surface area contributed by atoms with Gasteiger partial charge in [0.05, 0.1) is 11.2 Å². The van der Waals surface area contributed by atoms with Gasteiger partial charge in [0.1, 0.15) is 5.82 Å². The van der Waals surface area contributed by atoms with E-state index in [1.807, 2.05) is 13.8 Å². The number of ether oxygens (including phenoxy) is 1. The number of carbonyl (C=O) groups is 1. The highest BCUT2D eigenvalue weighted by molar-refractivity contribution is 6.31. The maximum Gasteiger partial charge on any atom is 0.254 e. The topological polar surface area (TPSA) is 38.3 Å². The van der Waals surface area contributed by atoms with Gasteiger partial charge in [-0.05, 0) is 44.9 Å². The van der Waals surface area contributed by atoms with Crippen molar-refractivity contribution in [1.29, 1.82) is 0 Å². The minimum absolute atomic E-state index is 0.00497. The van der Waals surface area contributed by atoms with Crippen molar-refractivity contribution in [3.8, 4) is 0 Å². The van der Waals surface area contributed by atoms with Crippen LogP contribution in [-0.2, 0) is 4.74 Å². The molecule has 1 aliphatic heterocycles. The molecule has 19 heavy (non-hydrogen) atoms. The van der Waals surface area contributed by atoms with Crippen LogP contribution in [0, 0.1) is 5.82 Å². The van der Waals surface area contributed by atoms with E-state index >= 15 is 0 Å². The third-order valence-corrected chi connectivity index (χ3v) is 3.44. The van der Waals surface area contributed by atoms with Gasteiger partial charge in [0.2, 0.25) is 0 Å². The molecule has 1 amide bonds. The Labute approximate surface area is 117 Å². The average molecular weight is 286 g/mol. The average Bonchev–Trinajstić information content (AvgIpc) is 2.31. The van der Waals surface area contributed by atoms with E-state index in [9.17, 15) is 9.18 Å². The van der Waals surface area contributed by atoms with E-state index in [1.165, 1.54) is 18.2 Å². The van der Waals surface area contributed by atoms with Gasteiger partial charge in [-0.3, -0.25) is 4.79 Å². The molecule has 1 saturated heterocycles. The Bertz CT molecular complexity index is 490. The highest BCUT2D eigenvalue weighted by atomic mass is 35.5. The first-order chi connectivity index (χ1) is 8.87. The van der Waals surface area contributed by atoms with E-state index in [4.69, 9.17) is 16.3 Å². The number of rotatable bonds is 2. The predicted molar refractivity (Wildman–Crippen MR) is 71.9 cm³/mol. The van der Waals surface area contributed by atoms with Crippen LogP contribution in [0.3, 0.4) is 0 Å². The molecule has 1 fully saturated rings. The first-order valence-electron chi connectivity index (χ1n) is 6.27. The fourth-order valence-electron chi connectivity index (χ4n) is 2.29. The van der Waals surface area contributed by atoms with Crippen molar-refractivity contribution < 1.29 is 13.9 Å². The lowest BCUT2D eigenvalue weighted by atomic mass is 9.94. The van der Waals surface area contributed by atoms with Crippen LogP contribution >= 0.6 is 11.6 Å². The zero-order valence-electron chi connectivity index (χ0n) is 11.0. The molecule has 104 valence electrons. The molecule has 1 aromatic carbocycles. The second-order valence-electron chi connectivity index (χ2n) is 5.40. The third kappa shape index (κ3) is 3.67. The second-order valence-corrected chi connectivity index (χ2v) is 5.83. The lowest BCUT2D eigenvalue weighted by Crippen LogP contribution is -2.46. The highest BCUT2D eigenvalue weighted by Gasteiger charge is 2.30. The van der Waals surface area contributed by atoms with Crippen molar-refractivity contribution in [3.63, 3.8) is 0 Å². The Balaban J connectivity index is 2.06. The monoisotopic (exact) mass is 285 g/mol. The Morgan fingerprint density at radius 2 is 2.26 bits per heavy atom. The molecule has 2 rings (SSSR count). The van der Waals surface area contributed by atoms with Gasteiger partial charge in [-0.25, -0.2) is 4.39 Å². The molecule has 1 atom stereocenters. The molecule has 1 unspecified atom stereocenters. The van der Waals surface area contributed by atoms with Crippen LogP contribution in [-0.4, -0.2) is 24.2 Å². The molecule has 1 N–H and O–H groups in total. The number of hydrogen-bond donors (Lipinski definition) is 1. The molecule has 0 bridgehead atoms. The maximum absolute atomic E-state index is 13.6. The van der Waals surface area contributed by atoms with Crippen molar-refractivity contribution in [1.82, 2.24) is 5.32 Å². The summed E-state index contributed by atoms with van der Waals surface area (Å²) >= 11 is 5.78. The molecule has 5 heteroatoms. The van der Waals surface area contributed by atoms with E-state index in [0.717, 1.165) is 6.42 Å². The lowest BCUT2D eigenvalue weighted by Gasteiger charge is -2.35. The number of benzene rings is 1. The SMILES string of the molecule is CC1(C)CC(NC(=O)c2cc(Cl)ccc2F)CCO1. The van der Waals surface area contributed by atoms with Gasteiger partial charge >= 0.3 is 0 Å². The Kier molecular flexibility index (Phi) is 4.11. The number of amides is 1. The number of hydrogen-bond acceptors (Lipinski definition) is 2. The van der Waals surface area contributed by atoms with Crippen LogP contribution in [0.4, 0.5) is 4.39 Å². The summed E-state index contributed by atoms with van der Waals surface area (Å²) in [5.74, 6) is -0.990. The first-order valence-corrected chi connectivity index (χ1v) is 6.65. The summed E-state index contributed by atoms with van der Waals surface area (Å²) in [5, 5.41) is 3.19. The second kappa shape index (κ2) is 5.47. The van der Waals surface area contributed by atoms with Gasteiger partial charge in [0, 0.05) is 17.7 Å². The third-order valence-electron chi connectivity index (χ3n) is 3.21. The van der Waals surface area contributed by atoms with Gasteiger partial charge in [0.15, 0.2) is 0 Å². The van der Waals surface area contributed by atoms with Gasteiger partial charge in [0.25, 0.3) is 5.91 Å². The molecule has 3 nitrogen and oxygen atoms in total.